The molecule has 0 aliphatic rings. The molecule has 3 N–H and O–H groups in total. The number of nitrogens with one attached hydrogen (secondary N) is 3. The molecule has 0 spiro atoms. The van der Waals surface area contributed by atoms with Gasteiger partial charge in [-0.3, -0.25) is 4.99 Å². The lowest BCUT2D eigenvalue weighted by atomic mass is 10.1. The average Bonchev–Trinajstić information content (AvgIpc) is 3.41. The number of H-pyrrole nitrogens is 1. The zero-order valence-corrected chi connectivity index (χ0v) is 18.3. The zero-order valence-electron chi connectivity index (χ0n) is 17.6. The van der Waals surface area contributed by atoms with Crippen molar-refractivity contribution in [2.24, 2.45) is 4.99 Å². The van der Waals surface area contributed by atoms with Gasteiger partial charge < -0.3 is 20.1 Å². The second kappa shape index (κ2) is 9.66. The highest BCUT2D eigenvalue weighted by Gasteiger charge is 2.09. The van der Waals surface area contributed by atoms with E-state index >= 15 is 0 Å². The van der Waals surface area contributed by atoms with Gasteiger partial charge in [0.25, 0.3) is 0 Å². The summed E-state index contributed by atoms with van der Waals surface area (Å²) in [6, 6.07) is 13.7. The molecule has 0 saturated heterocycles. The van der Waals surface area contributed by atoms with Crippen LogP contribution in [0.5, 0.6) is 0 Å². The van der Waals surface area contributed by atoms with E-state index in [0.717, 1.165) is 24.5 Å². The van der Waals surface area contributed by atoms with E-state index in [2.05, 4.69) is 62.1 Å². The molecule has 2 aromatic heterocycles. The molecule has 160 valence electrons. The fourth-order valence-corrected chi connectivity index (χ4v) is 3.67. The largest absolute Gasteiger partial charge is 0.361 e. The van der Waals surface area contributed by atoms with Crippen molar-refractivity contribution in [2.75, 3.05) is 20.1 Å². The van der Waals surface area contributed by atoms with Gasteiger partial charge in [0.05, 0.1) is 0 Å². The van der Waals surface area contributed by atoms with Crippen molar-refractivity contribution in [3.8, 4) is 11.4 Å². The van der Waals surface area contributed by atoms with Crippen LogP contribution >= 0.6 is 11.6 Å². The minimum atomic E-state index is 0.559. The maximum atomic E-state index is 5.92. The first-order valence-electron chi connectivity index (χ1n) is 10.2. The normalized spacial score (nSPS) is 11.8. The Hall–Kier alpha value is -3.32. The third kappa shape index (κ3) is 5.06. The molecule has 4 rings (SSSR count). The van der Waals surface area contributed by atoms with E-state index in [0.29, 0.717) is 29.7 Å². The summed E-state index contributed by atoms with van der Waals surface area (Å²) in [6.45, 7) is 3.56. The Morgan fingerprint density at radius 3 is 2.65 bits per heavy atom. The van der Waals surface area contributed by atoms with Gasteiger partial charge in [0.2, 0.25) is 11.7 Å². The summed E-state index contributed by atoms with van der Waals surface area (Å²) in [4.78, 5) is 12.1. The van der Waals surface area contributed by atoms with Gasteiger partial charge in [-0.1, -0.05) is 28.9 Å². The molecule has 0 bridgehead atoms. The molecule has 0 saturated carbocycles. The van der Waals surface area contributed by atoms with Crippen LogP contribution in [-0.4, -0.2) is 41.2 Å². The standard InChI is InChI=1S/C23H25ClN6O/c1-15-4-3-5-19-21(15)17(14-28-19)10-12-26-23(25-2)27-13-11-20-29-22(30-31-20)16-6-8-18(24)9-7-16/h3-9,14,28H,10-13H2,1-2H3,(H2,25,26,27). The number of guanidine groups is 1. The van der Waals surface area contributed by atoms with Crippen LogP contribution in [0.2, 0.25) is 5.02 Å². The van der Waals surface area contributed by atoms with Crippen molar-refractivity contribution in [2.45, 2.75) is 19.8 Å². The summed E-state index contributed by atoms with van der Waals surface area (Å²) >= 11 is 5.92. The second-order valence-electron chi connectivity index (χ2n) is 7.26. The van der Waals surface area contributed by atoms with Crippen LogP contribution in [0.15, 0.2) is 58.2 Å². The van der Waals surface area contributed by atoms with Crippen LogP contribution in [0.25, 0.3) is 22.3 Å². The molecule has 7 nitrogen and oxygen atoms in total. The Morgan fingerprint density at radius 1 is 1.10 bits per heavy atom. The number of halogens is 1. The van der Waals surface area contributed by atoms with Gasteiger partial charge in [0.15, 0.2) is 5.96 Å². The lowest BCUT2D eigenvalue weighted by Gasteiger charge is -2.11. The number of aromatic amines is 1. The van der Waals surface area contributed by atoms with E-state index in [1.54, 1.807) is 7.05 Å². The number of aromatic nitrogens is 3. The average molecular weight is 437 g/mol. The van der Waals surface area contributed by atoms with E-state index in [4.69, 9.17) is 16.1 Å². The van der Waals surface area contributed by atoms with E-state index in [9.17, 15) is 0 Å². The van der Waals surface area contributed by atoms with Gasteiger partial charge >= 0.3 is 0 Å². The predicted octanol–water partition coefficient (Wildman–Crippen LogP) is 4.13. The molecule has 0 atom stereocenters. The number of hydrogen-bond acceptors (Lipinski definition) is 4. The van der Waals surface area contributed by atoms with Gasteiger partial charge in [-0.05, 0) is 54.8 Å². The Bertz CT molecular complexity index is 1180. The molecule has 4 aromatic rings. The van der Waals surface area contributed by atoms with Gasteiger partial charge in [0, 0.05) is 54.2 Å². The van der Waals surface area contributed by atoms with Gasteiger partial charge in [-0.2, -0.15) is 4.98 Å². The summed E-state index contributed by atoms with van der Waals surface area (Å²) in [5.41, 5.74) is 4.64. The van der Waals surface area contributed by atoms with Gasteiger partial charge in [-0.15, -0.1) is 0 Å². The number of fused-ring (bicyclic) bond motifs is 1. The molecule has 2 aromatic carbocycles. The first kappa shape index (κ1) is 20.9. The fraction of sp³-hybridized carbons (Fsp3) is 0.261. The summed E-state index contributed by atoms with van der Waals surface area (Å²) in [5.74, 6) is 1.87. The summed E-state index contributed by atoms with van der Waals surface area (Å²) in [7, 11) is 1.76. The smallest absolute Gasteiger partial charge is 0.228 e. The summed E-state index contributed by atoms with van der Waals surface area (Å²) in [6.07, 6.45) is 3.59. The Labute approximate surface area is 185 Å². The third-order valence-electron chi connectivity index (χ3n) is 5.11. The van der Waals surface area contributed by atoms with Crippen LogP contribution < -0.4 is 10.6 Å². The molecule has 0 radical (unpaired) electrons. The van der Waals surface area contributed by atoms with Crippen molar-refractivity contribution in [3.05, 3.63) is 70.7 Å². The topological polar surface area (TPSA) is 91.1 Å². The first-order valence-corrected chi connectivity index (χ1v) is 10.6. The maximum absolute atomic E-state index is 5.92. The van der Waals surface area contributed by atoms with Crippen LogP contribution in [0.4, 0.5) is 0 Å². The second-order valence-corrected chi connectivity index (χ2v) is 7.69. The Morgan fingerprint density at radius 2 is 1.87 bits per heavy atom. The van der Waals surface area contributed by atoms with Crippen LogP contribution in [0.3, 0.4) is 0 Å². The summed E-state index contributed by atoms with van der Waals surface area (Å²) < 4.78 is 5.35. The van der Waals surface area contributed by atoms with Gasteiger partial charge in [-0.25, -0.2) is 0 Å². The Kier molecular flexibility index (Phi) is 6.52. The quantitative estimate of drug-likeness (QED) is 0.299. The minimum Gasteiger partial charge on any atom is -0.361 e. The third-order valence-corrected chi connectivity index (χ3v) is 5.36. The van der Waals surface area contributed by atoms with E-state index in [1.165, 1.54) is 22.0 Å². The van der Waals surface area contributed by atoms with E-state index < -0.39 is 0 Å². The highest BCUT2D eigenvalue weighted by molar-refractivity contribution is 6.30. The van der Waals surface area contributed by atoms with Crippen LogP contribution in [0.1, 0.15) is 17.0 Å². The highest BCUT2D eigenvalue weighted by Crippen LogP contribution is 2.22. The maximum Gasteiger partial charge on any atom is 0.228 e. The Balaban J connectivity index is 1.25. The lowest BCUT2D eigenvalue weighted by Crippen LogP contribution is -2.39. The molecule has 2 heterocycles. The number of aryl methyl sites for hydroxylation is 1. The van der Waals surface area contributed by atoms with Crippen molar-refractivity contribution >= 4 is 28.5 Å². The number of aliphatic imine (C=N–C) groups is 1. The number of nitrogens with zero attached hydrogens (tertiary/aromatic N) is 3. The predicted molar refractivity (Wildman–Crippen MR) is 125 cm³/mol. The van der Waals surface area contributed by atoms with Crippen LogP contribution in [-0.2, 0) is 12.8 Å². The SMILES string of the molecule is CN=C(NCCc1nc(-c2ccc(Cl)cc2)no1)NCCc1c[nH]c2cccc(C)c12. The van der Waals surface area contributed by atoms with Crippen molar-refractivity contribution in [3.63, 3.8) is 0 Å². The minimum absolute atomic E-state index is 0.559. The fourth-order valence-electron chi connectivity index (χ4n) is 3.55. The zero-order chi connectivity index (χ0) is 21.6. The molecule has 0 unspecified atom stereocenters. The van der Waals surface area contributed by atoms with Crippen LogP contribution in [0, 0.1) is 6.92 Å². The molecular weight excluding hydrogens is 412 g/mol. The lowest BCUT2D eigenvalue weighted by molar-refractivity contribution is 0.378. The van der Waals surface area contributed by atoms with E-state index in [1.807, 2.05) is 24.3 Å². The molecular formula is C23H25ClN6O. The first-order chi connectivity index (χ1) is 15.1. The molecule has 0 fully saturated rings. The van der Waals surface area contributed by atoms with E-state index in [-0.39, 0.29) is 0 Å². The molecule has 31 heavy (non-hydrogen) atoms. The molecule has 0 aliphatic heterocycles. The summed E-state index contributed by atoms with van der Waals surface area (Å²) in [5, 5.41) is 12.7. The number of benzene rings is 2. The van der Waals surface area contributed by atoms with Gasteiger partial charge in [0.1, 0.15) is 0 Å². The monoisotopic (exact) mass is 436 g/mol. The van der Waals surface area contributed by atoms with Crippen molar-refractivity contribution in [1.82, 2.24) is 25.8 Å². The number of hydrogen-bond donors (Lipinski definition) is 3. The number of rotatable bonds is 7. The molecule has 8 heteroatoms. The molecule has 0 aliphatic carbocycles. The molecule has 0 amide bonds. The van der Waals surface area contributed by atoms with Crippen molar-refractivity contribution < 1.29 is 4.52 Å². The van der Waals surface area contributed by atoms with Crippen molar-refractivity contribution in [1.29, 1.82) is 0 Å². The highest BCUT2D eigenvalue weighted by atomic mass is 35.5.